The number of amides is 1. The second-order valence-corrected chi connectivity index (χ2v) is 7.49. The van der Waals surface area contributed by atoms with E-state index >= 15 is 0 Å². The highest BCUT2D eigenvalue weighted by atomic mass is 16.3. The Morgan fingerprint density at radius 1 is 1.18 bits per heavy atom. The Bertz CT molecular complexity index is 1010. The minimum atomic E-state index is -0.985. The topological polar surface area (TPSA) is 58.4 Å². The van der Waals surface area contributed by atoms with E-state index in [4.69, 9.17) is 0 Å². The van der Waals surface area contributed by atoms with Crippen LogP contribution < -0.4 is 0 Å². The summed E-state index contributed by atoms with van der Waals surface area (Å²) in [7, 11) is 0. The maximum atomic E-state index is 13.1. The number of carbonyl (C=O) groups excluding carboxylic acids is 1. The van der Waals surface area contributed by atoms with Gasteiger partial charge in [0, 0.05) is 30.4 Å². The molecule has 1 saturated heterocycles. The largest absolute Gasteiger partial charge is 0.383 e. The van der Waals surface area contributed by atoms with Gasteiger partial charge in [0.25, 0.3) is 5.91 Å². The molecule has 28 heavy (non-hydrogen) atoms. The number of aliphatic hydroxyl groups is 1. The molecule has 0 saturated carbocycles. The predicted octanol–water partition coefficient (Wildman–Crippen LogP) is 3.61. The number of β-amino-alcohol motifs (C(OH)–C–C–N with tert-alkyl or cyclic N) is 1. The van der Waals surface area contributed by atoms with Gasteiger partial charge in [0.2, 0.25) is 0 Å². The molecule has 144 valence electrons. The van der Waals surface area contributed by atoms with Gasteiger partial charge in [-0.1, -0.05) is 36.4 Å². The van der Waals surface area contributed by atoms with Crippen molar-refractivity contribution >= 4 is 5.91 Å². The summed E-state index contributed by atoms with van der Waals surface area (Å²) in [4.78, 5) is 14.8. The average Bonchev–Trinajstić information content (AvgIpc) is 3.35. The first-order chi connectivity index (χ1) is 13.5. The van der Waals surface area contributed by atoms with Gasteiger partial charge >= 0.3 is 0 Å². The molecule has 5 heteroatoms. The van der Waals surface area contributed by atoms with E-state index in [1.807, 2.05) is 79.5 Å². The summed E-state index contributed by atoms with van der Waals surface area (Å²) in [5.41, 5.74) is 3.57. The lowest BCUT2D eigenvalue weighted by molar-refractivity contribution is 0.0412. The summed E-state index contributed by atoms with van der Waals surface area (Å²) in [6.45, 7) is 5.71. The highest BCUT2D eigenvalue weighted by molar-refractivity contribution is 5.95. The van der Waals surface area contributed by atoms with Crippen LogP contribution in [0.1, 0.15) is 34.8 Å². The van der Waals surface area contributed by atoms with Gasteiger partial charge in [-0.05, 0) is 49.1 Å². The summed E-state index contributed by atoms with van der Waals surface area (Å²) in [5.74, 6) is -0.0470. The third-order valence-electron chi connectivity index (χ3n) is 5.58. The smallest absolute Gasteiger partial charge is 0.253 e. The Morgan fingerprint density at radius 3 is 2.75 bits per heavy atom. The van der Waals surface area contributed by atoms with E-state index in [1.165, 1.54) is 0 Å². The number of aryl methyl sites for hydroxylation is 2. The first kappa shape index (κ1) is 18.4. The fourth-order valence-corrected chi connectivity index (χ4v) is 3.98. The lowest BCUT2D eigenvalue weighted by Gasteiger charge is -2.25. The quantitative estimate of drug-likeness (QED) is 0.758. The number of benzene rings is 2. The fraction of sp³-hybridized carbons (Fsp3) is 0.304. The lowest BCUT2D eigenvalue weighted by Crippen LogP contribution is -2.34. The molecule has 1 fully saturated rings. The number of hydrogen-bond donors (Lipinski definition) is 1. The van der Waals surface area contributed by atoms with Crippen LogP contribution in [0.15, 0.2) is 60.9 Å². The molecule has 3 aromatic rings. The van der Waals surface area contributed by atoms with E-state index in [0.717, 1.165) is 28.8 Å². The molecule has 0 bridgehead atoms. The molecule has 2 aromatic carbocycles. The first-order valence-corrected chi connectivity index (χ1v) is 9.71. The van der Waals surface area contributed by atoms with E-state index in [-0.39, 0.29) is 5.91 Å². The van der Waals surface area contributed by atoms with Crippen molar-refractivity contribution < 1.29 is 9.90 Å². The summed E-state index contributed by atoms with van der Waals surface area (Å²) in [6.07, 6.45) is 4.35. The molecule has 2 heterocycles. The molecule has 5 nitrogen and oxygen atoms in total. The SMILES string of the molecule is CCn1cc(-c2cccc(C(=O)N3CC[C@](O)(c4ccccc4C)C3)c2)cn1. The van der Waals surface area contributed by atoms with E-state index in [0.29, 0.717) is 25.1 Å². The van der Waals surface area contributed by atoms with Crippen molar-refractivity contribution in [3.8, 4) is 11.1 Å². The molecule has 1 N–H and O–H groups in total. The number of nitrogens with zero attached hydrogens (tertiary/aromatic N) is 3. The number of likely N-dealkylation sites (tertiary alicyclic amines) is 1. The normalized spacial score (nSPS) is 19.2. The zero-order chi connectivity index (χ0) is 19.7. The van der Waals surface area contributed by atoms with Gasteiger partial charge in [0.1, 0.15) is 5.60 Å². The molecule has 1 aliphatic heterocycles. The number of carbonyl (C=O) groups is 1. The Morgan fingerprint density at radius 2 is 2.00 bits per heavy atom. The summed E-state index contributed by atoms with van der Waals surface area (Å²) >= 11 is 0. The third kappa shape index (κ3) is 3.34. The minimum Gasteiger partial charge on any atom is -0.383 e. The maximum absolute atomic E-state index is 13.1. The van der Waals surface area contributed by atoms with E-state index < -0.39 is 5.60 Å². The Kier molecular flexibility index (Phi) is 4.77. The lowest BCUT2D eigenvalue weighted by atomic mass is 9.89. The van der Waals surface area contributed by atoms with E-state index in [9.17, 15) is 9.90 Å². The van der Waals surface area contributed by atoms with Gasteiger partial charge in [-0.15, -0.1) is 0 Å². The first-order valence-electron chi connectivity index (χ1n) is 9.71. The van der Waals surface area contributed by atoms with Crippen LogP contribution >= 0.6 is 0 Å². The van der Waals surface area contributed by atoms with Crippen molar-refractivity contribution in [2.24, 2.45) is 0 Å². The van der Waals surface area contributed by atoms with E-state index in [2.05, 4.69) is 5.10 Å². The monoisotopic (exact) mass is 375 g/mol. The molecule has 1 amide bonds. The van der Waals surface area contributed by atoms with Crippen molar-refractivity contribution in [3.05, 3.63) is 77.6 Å². The van der Waals surface area contributed by atoms with Gasteiger partial charge in [-0.3, -0.25) is 9.48 Å². The molecule has 0 unspecified atom stereocenters. The van der Waals surface area contributed by atoms with Crippen molar-refractivity contribution in [1.82, 2.24) is 14.7 Å². The zero-order valence-electron chi connectivity index (χ0n) is 16.3. The van der Waals surface area contributed by atoms with Crippen LogP contribution in [-0.4, -0.2) is 38.8 Å². The van der Waals surface area contributed by atoms with Crippen molar-refractivity contribution in [2.75, 3.05) is 13.1 Å². The third-order valence-corrected chi connectivity index (χ3v) is 5.58. The van der Waals surface area contributed by atoms with Gasteiger partial charge in [-0.2, -0.15) is 5.10 Å². The maximum Gasteiger partial charge on any atom is 0.253 e. The summed E-state index contributed by atoms with van der Waals surface area (Å²) < 4.78 is 1.87. The number of hydrogen-bond acceptors (Lipinski definition) is 3. The zero-order valence-corrected chi connectivity index (χ0v) is 16.3. The average molecular weight is 375 g/mol. The molecule has 1 atom stereocenters. The molecular formula is C23H25N3O2. The van der Waals surface area contributed by atoms with Crippen molar-refractivity contribution in [3.63, 3.8) is 0 Å². The van der Waals surface area contributed by atoms with Crippen LogP contribution in [0.4, 0.5) is 0 Å². The van der Waals surface area contributed by atoms with Crippen molar-refractivity contribution in [1.29, 1.82) is 0 Å². The van der Waals surface area contributed by atoms with Gasteiger partial charge in [0.05, 0.1) is 12.7 Å². The minimum absolute atomic E-state index is 0.0470. The second-order valence-electron chi connectivity index (χ2n) is 7.49. The van der Waals surface area contributed by atoms with Gasteiger partial charge in [0.15, 0.2) is 0 Å². The van der Waals surface area contributed by atoms with Crippen LogP contribution in [0.3, 0.4) is 0 Å². The fourth-order valence-electron chi connectivity index (χ4n) is 3.98. The van der Waals surface area contributed by atoms with E-state index in [1.54, 1.807) is 4.90 Å². The van der Waals surface area contributed by atoms with Crippen molar-refractivity contribution in [2.45, 2.75) is 32.4 Å². The Balaban J connectivity index is 1.56. The Hall–Kier alpha value is -2.92. The molecule has 1 aliphatic rings. The molecule has 4 rings (SSSR count). The van der Waals surface area contributed by atoms with Crippen LogP contribution in [0.25, 0.3) is 11.1 Å². The van der Waals surface area contributed by atoms with Crippen LogP contribution in [0.5, 0.6) is 0 Å². The Labute approximate surface area is 165 Å². The number of rotatable bonds is 4. The van der Waals surface area contributed by atoms with Gasteiger partial charge in [-0.25, -0.2) is 0 Å². The summed E-state index contributed by atoms with van der Waals surface area (Å²) in [5, 5.41) is 15.5. The highest BCUT2D eigenvalue weighted by Gasteiger charge is 2.40. The molecular weight excluding hydrogens is 350 g/mol. The predicted molar refractivity (Wildman–Crippen MR) is 109 cm³/mol. The van der Waals surface area contributed by atoms with Crippen LogP contribution in [0, 0.1) is 6.92 Å². The van der Waals surface area contributed by atoms with Crippen LogP contribution in [0.2, 0.25) is 0 Å². The summed E-state index contributed by atoms with van der Waals surface area (Å²) in [6, 6.07) is 15.5. The van der Waals surface area contributed by atoms with Crippen LogP contribution in [-0.2, 0) is 12.1 Å². The standard InChI is InChI=1S/C23H25N3O2/c1-3-26-15-20(14-24-26)18-8-6-9-19(13-18)22(27)25-12-11-23(28,16-25)21-10-5-4-7-17(21)2/h4-10,13-15,28H,3,11-12,16H2,1-2H3/t23-/m1/s1. The second kappa shape index (κ2) is 7.24. The molecule has 0 aliphatic carbocycles. The highest BCUT2D eigenvalue weighted by Crippen LogP contribution is 2.34. The number of aromatic nitrogens is 2. The molecule has 1 aromatic heterocycles. The molecule has 0 spiro atoms. The van der Waals surface area contributed by atoms with Gasteiger partial charge < -0.3 is 10.0 Å². The molecule has 0 radical (unpaired) electrons.